The summed E-state index contributed by atoms with van der Waals surface area (Å²) in [7, 11) is 1.69. The summed E-state index contributed by atoms with van der Waals surface area (Å²) in [5.41, 5.74) is 0.914. The molecule has 0 atom stereocenters. The summed E-state index contributed by atoms with van der Waals surface area (Å²) in [5.74, 6) is 0.835. The largest absolute Gasteiger partial charge is 0.490 e. The number of fused-ring (bicyclic) bond motifs is 1. The molecule has 0 fully saturated rings. The summed E-state index contributed by atoms with van der Waals surface area (Å²) in [4.78, 5) is 4.34. The van der Waals surface area contributed by atoms with E-state index in [9.17, 15) is 0 Å². The Bertz CT molecular complexity index is 483. The quantitative estimate of drug-likeness (QED) is 0.757. The van der Waals surface area contributed by atoms with Gasteiger partial charge in [-0.15, -0.1) is 0 Å². The van der Waals surface area contributed by atoms with Crippen LogP contribution in [0.25, 0.3) is 10.9 Å². The van der Waals surface area contributed by atoms with E-state index in [2.05, 4.69) is 10.3 Å². The summed E-state index contributed by atoms with van der Waals surface area (Å²) in [6.45, 7) is 2.98. The first-order valence-electron chi connectivity index (χ1n) is 6.08. The third-order valence-corrected chi connectivity index (χ3v) is 2.62. The van der Waals surface area contributed by atoms with Crippen molar-refractivity contribution in [1.29, 1.82) is 0 Å². The van der Waals surface area contributed by atoms with Crippen LogP contribution in [0.4, 0.5) is 0 Å². The van der Waals surface area contributed by atoms with Crippen LogP contribution in [0.5, 0.6) is 5.75 Å². The van der Waals surface area contributed by atoms with Gasteiger partial charge in [-0.3, -0.25) is 4.98 Å². The molecule has 0 unspecified atom stereocenters. The Balaban J connectivity index is 1.88. The fourth-order valence-corrected chi connectivity index (χ4v) is 1.73. The first-order valence-corrected chi connectivity index (χ1v) is 6.08. The van der Waals surface area contributed by atoms with Crippen LogP contribution in [0.3, 0.4) is 0 Å². The van der Waals surface area contributed by atoms with E-state index in [1.54, 1.807) is 13.3 Å². The van der Waals surface area contributed by atoms with Crippen molar-refractivity contribution in [1.82, 2.24) is 10.3 Å². The van der Waals surface area contributed by atoms with Gasteiger partial charge >= 0.3 is 0 Å². The molecule has 0 aliphatic heterocycles. The minimum absolute atomic E-state index is 0.624. The molecule has 1 heterocycles. The molecule has 0 radical (unpaired) electrons. The normalized spacial score (nSPS) is 10.7. The smallest absolute Gasteiger partial charge is 0.145 e. The molecule has 0 spiro atoms. The molecule has 96 valence electrons. The Morgan fingerprint density at radius 1 is 1.11 bits per heavy atom. The van der Waals surface area contributed by atoms with Crippen LogP contribution in [-0.2, 0) is 4.74 Å². The summed E-state index contributed by atoms with van der Waals surface area (Å²) in [6, 6.07) is 9.93. The highest BCUT2D eigenvalue weighted by Crippen LogP contribution is 2.22. The number of hydrogen-bond donors (Lipinski definition) is 1. The number of nitrogens with zero attached hydrogens (tertiary/aromatic N) is 1. The molecule has 0 amide bonds. The van der Waals surface area contributed by atoms with Crippen LogP contribution < -0.4 is 10.1 Å². The zero-order valence-corrected chi connectivity index (χ0v) is 10.6. The second-order valence-electron chi connectivity index (χ2n) is 3.92. The molecule has 4 heteroatoms. The van der Waals surface area contributed by atoms with Crippen molar-refractivity contribution in [3.05, 3.63) is 36.5 Å². The van der Waals surface area contributed by atoms with Crippen LogP contribution in [0, 0.1) is 0 Å². The third kappa shape index (κ3) is 3.42. The van der Waals surface area contributed by atoms with Crippen molar-refractivity contribution in [3.63, 3.8) is 0 Å². The monoisotopic (exact) mass is 246 g/mol. The Morgan fingerprint density at radius 3 is 2.83 bits per heavy atom. The van der Waals surface area contributed by atoms with E-state index in [4.69, 9.17) is 9.47 Å². The summed E-state index contributed by atoms with van der Waals surface area (Å²) >= 11 is 0. The maximum Gasteiger partial charge on any atom is 0.145 e. The molecule has 2 aromatic rings. The van der Waals surface area contributed by atoms with Gasteiger partial charge in [0.25, 0.3) is 0 Å². The minimum atomic E-state index is 0.624. The van der Waals surface area contributed by atoms with Crippen molar-refractivity contribution in [2.75, 3.05) is 33.4 Å². The highest BCUT2D eigenvalue weighted by Gasteiger charge is 2.01. The number of pyridine rings is 1. The van der Waals surface area contributed by atoms with Crippen LogP contribution in [0.2, 0.25) is 0 Å². The first kappa shape index (κ1) is 12.8. The zero-order valence-electron chi connectivity index (χ0n) is 10.6. The van der Waals surface area contributed by atoms with E-state index < -0.39 is 0 Å². The van der Waals surface area contributed by atoms with Gasteiger partial charge < -0.3 is 14.8 Å². The van der Waals surface area contributed by atoms with Crippen molar-refractivity contribution < 1.29 is 9.47 Å². The van der Waals surface area contributed by atoms with E-state index in [-0.39, 0.29) is 0 Å². The van der Waals surface area contributed by atoms with E-state index in [0.29, 0.717) is 6.61 Å². The predicted molar refractivity (Wildman–Crippen MR) is 72.0 cm³/mol. The minimum Gasteiger partial charge on any atom is -0.490 e. The van der Waals surface area contributed by atoms with Gasteiger partial charge in [0.2, 0.25) is 0 Å². The molecular formula is C14H18N2O2. The van der Waals surface area contributed by atoms with Crippen molar-refractivity contribution in [2.45, 2.75) is 0 Å². The molecule has 0 aliphatic carbocycles. The highest BCUT2D eigenvalue weighted by atomic mass is 16.5. The van der Waals surface area contributed by atoms with Crippen LogP contribution in [-0.4, -0.2) is 38.4 Å². The second kappa shape index (κ2) is 6.93. The summed E-state index contributed by atoms with van der Waals surface area (Å²) in [6.07, 6.45) is 1.78. The SMILES string of the molecule is COCCNCCOc1cccc2cccnc12. The summed E-state index contributed by atoms with van der Waals surface area (Å²) < 4.78 is 10.7. The zero-order chi connectivity index (χ0) is 12.6. The molecule has 1 aromatic carbocycles. The third-order valence-electron chi connectivity index (χ3n) is 2.62. The van der Waals surface area contributed by atoms with Crippen molar-refractivity contribution in [3.8, 4) is 5.75 Å². The number of hydrogen-bond acceptors (Lipinski definition) is 4. The van der Waals surface area contributed by atoms with Gasteiger partial charge in [0.05, 0.1) is 6.61 Å². The molecule has 0 saturated heterocycles. The van der Waals surface area contributed by atoms with E-state index >= 15 is 0 Å². The van der Waals surface area contributed by atoms with Gasteiger partial charge in [-0.2, -0.15) is 0 Å². The molecule has 1 N–H and O–H groups in total. The maximum atomic E-state index is 5.73. The lowest BCUT2D eigenvalue weighted by atomic mass is 10.2. The van der Waals surface area contributed by atoms with Crippen molar-refractivity contribution >= 4 is 10.9 Å². The number of rotatable bonds is 7. The number of methoxy groups -OCH3 is 1. The molecule has 0 bridgehead atoms. The summed E-state index contributed by atoms with van der Waals surface area (Å²) in [5, 5.41) is 4.33. The highest BCUT2D eigenvalue weighted by molar-refractivity contribution is 5.84. The molecular weight excluding hydrogens is 228 g/mol. The number of benzene rings is 1. The molecule has 2 rings (SSSR count). The van der Waals surface area contributed by atoms with Crippen LogP contribution in [0.1, 0.15) is 0 Å². The lowest BCUT2D eigenvalue weighted by molar-refractivity contribution is 0.197. The van der Waals surface area contributed by atoms with Crippen molar-refractivity contribution in [2.24, 2.45) is 0 Å². The lowest BCUT2D eigenvalue weighted by Crippen LogP contribution is -2.24. The maximum absolute atomic E-state index is 5.73. The average molecular weight is 246 g/mol. The molecule has 0 saturated carbocycles. The molecule has 4 nitrogen and oxygen atoms in total. The van der Waals surface area contributed by atoms with Crippen LogP contribution in [0.15, 0.2) is 36.5 Å². The van der Waals surface area contributed by atoms with E-state index in [0.717, 1.165) is 36.3 Å². The topological polar surface area (TPSA) is 43.4 Å². The van der Waals surface area contributed by atoms with Gasteiger partial charge in [-0.05, 0) is 12.1 Å². The number of nitrogens with one attached hydrogen (secondary N) is 1. The average Bonchev–Trinajstić information content (AvgIpc) is 2.43. The number of ether oxygens (including phenoxy) is 2. The fourth-order valence-electron chi connectivity index (χ4n) is 1.73. The first-order chi connectivity index (χ1) is 8.92. The number of para-hydroxylation sites is 1. The standard InChI is InChI=1S/C14H18N2O2/c1-17-10-8-15-9-11-18-13-6-2-4-12-5-3-7-16-14(12)13/h2-7,15H,8-11H2,1H3. The predicted octanol–water partition coefficient (Wildman–Crippen LogP) is 1.85. The van der Waals surface area contributed by atoms with Gasteiger partial charge in [-0.25, -0.2) is 0 Å². The second-order valence-corrected chi connectivity index (χ2v) is 3.92. The van der Waals surface area contributed by atoms with Gasteiger partial charge in [-0.1, -0.05) is 18.2 Å². The Morgan fingerprint density at radius 2 is 1.94 bits per heavy atom. The molecule has 18 heavy (non-hydrogen) atoms. The number of aromatic nitrogens is 1. The molecule has 1 aromatic heterocycles. The van der Waals surface area contributed by atoms with Gasteiger partial charge in [0, 0.05) is 31.8 Å². The fraction of sp³-hybridized carbons (Fsp3) is 0.357. The Hall–Kier alpha value is -1.65. The Kier molecular flexibility index (Phi) is 4.93. The van der Waals surface area contributed by atoms with E-state index in [1.807, 2.05) is 30.3 Å². The van der Waals surface area contributed by atoms with E-state index in [1.165, 1.54) is 0 Å². The van der Waals surface area contributed by atoms with Gasteiger partial charge in [0.1, 0.15) is 17.9 Å². The lowest BCUT2D eigenvalue weighted by Gasteiger charge is -2.09. The molecule has 0 aliphatic rings. The Labute approximate surface area is 107 Å². The van der Waals surface area contributed by atoms with Crippen LogP contribution >= 0.6 is 0 Å². The van der Waals surface area contributed by atoms with Gasteiger partial charge in [0.15, 0.2) is 0 Å².